The zero-order valence-corrected chi connectivity index (χ0v) is 9.00. The van der Waals surface area contributed by atoms with E-state index >= 15 is 0 Å². The molecule has 0 heterocycles. The molecule has 1 unspecified atom stereocenters. The minimum Gasteiger partial charge on any atom is -1.00 e. The van der Waals surface area contributed by atoms with E-state index in [-0.39, 0.29) is 57.5 Å². The number of hydrogen-bond donors (Lipinski definition) is 2. The summed E-state index contributed by atoms with van der Waals surface area (Å²) in [6, 6.07) is -0.713. The number of carboxylic acids is 1. The fraction of sp³-hybridized carbons (Fsp3) is 0.800. The van der Waals surface area contributed by atoms with Gasteiger partial charge in [0.1, 0.15) is 6.04 Å². The summed E-state index contributed by atoms with van der Waals surface area (Å²) in [5, 5.41) is 8.23. The molecule has 0 aromatic rings. The van der Waals surface area contributed by atoms with Gasteiger partial charge in [0.15, 0.2) is 0 Å². The third-order valence-electron chi connectivity index (χ3n) is 1.00. The van der Waals surface area contributed by atoms with E-state index in [1.54, 1.807) is 13.8 Å². The van der Waals surface area contributed by atoms with Crippen LogP contribution in [0.2, 0.25) is 0 Å². The van der Waals surface area contributed by atoms with Gasteiger partial charge in [0.2, 0.25) is 0 Å². The summed E-state index contributed by atoms with van der Waals surface area (Å²) in [7, 11) is 0. The van der Waals surface area contributed by atoms with Crippen LogP contribution in [-0.4, -0.2) is 65.8 Å². The Morgan fingerprint density at radius 1 is 1.45 bits per heavy atom. The average Bonchev–Trinajstić information content (AvgIpc) is 1.64. The van der Waals surface area contributed by atoms with Gasteiger partial charge in [-0.1, -0.05) is 13.8 Å². The molecule has 0 aromatic carbocycles. The van der Waals surface area contributed by atoms with Crippen LogP contribution in [-0.2, 0) is 4.79 Å². The first-order chi connectivity index (χ1) is 3.55. The van der Waals surface area contributed by atoms with Gasteiger partial charge in [-0.25, -0.2) is 0 Å². The third kappa shape index (κ3) is 10.6. The molecular formula is C5H17CaNO4. The molecule has 0 bridgehead atoms. The molecule has 0 amide bonds. The number of carbonyl (C=O) groups is 1. The molecular weight excluding hydrogens is 178 g/mol. The van der Waals surface area contributed by atoms with E-state index in [2.05, 4.69) is 0 Å². The quantitative estimate of drug-likeness (QED) is 0.507. The van der Waals surface area contributed by atoms with Crippen molar-refractivity contribution in [2.75, 3.05) is 0 Å². The molecule has 0 saturated carbocycles. The van der Waals surface area contributed by atoms with Crippen LogP contribution in [0, 0.1) is 5.92 Å². The monoisotopic (exact) mass is 195 g/mol. The molecule has 6 heteroatoms. The average molecular weight is 195 g/mol. The molecule has 1 atom stereocenters. The molecule has 5 nitrogen and oxygen atoms in total. The van der Waals surface area contributed by atoms with Gasteiger partial charge in [-0.15, -0.1) is 0 Å². The van der Waals surface area contributed by atoms with Gasteiger partial charge in [-0.2, -0.15) is 0 Å². The zero-order valence-electron chi connectivity index (χ0n) is 8.79. The Bertz CT molecular complexity index is 107. The van der Waals surface area contributed by atoms with Crippen molar-refractivity contribution in [3.8, 4) is 0 Å². The topological polar surface area (TPSA) is 126 Å². The first kappa shape index (κ1) is 22.6. The van der Waals surface area contributed by atoms with Crippen LogP contribution < -0.4 is 5.73 Å². The Labute approximate surface area is 98.5 Å². The molecule has 0 saturated heterocycles. The van der Waals surface area contributed by atoms with Crippen molar-refractivity contribution >= 4 is 43.7 Å². The van der Waals surface area contributed by atoms with E-state index in [9.17, 15) is 4.79 Å². The van der Waals surface area contributed by atoms with Crippen LogP contribution in [0.1, 0.15) is 16.7 Å². The second-order valence-electron chi connectivity index (χ2n) is 2.11. The maximum absolute atomic E-state index is 10.0. The van der Waals surface area contributed by atoms with Gasteiger partial charge in [0.25, 0.3) is 0 Å². The summed E-state index contributed by atoms with van der Waals surface area (Å²) in [4.78, 5) is 10.0. The molecule has 0 fully saturated rings. The van der Waals surface area contributed by atoms with E-state index < -0.39 is 12.0 Å². The van der Waals surface area contributed by atoms with Crippen molar-refractivity contribution in [3.05, 3.63) is 0 Å². The fourth-order valence-corrected chi connectivity index (χ4v) is 0.285. The van der Waals surface area contributed by atoms with Crippen molar-refractivity contribution in [2.45, 2.75) is 19.9 Å². The van der Waals surface area contributed by atoms with E-state index in [0.717, 1.165) is 0 Å². The summed E-state index contributed by atoms with van der Waals surface area (Å²) in [5.41, 5.74) is 5.16. The van der Waals surface area contributed by atoms with E-state index in [1.807, 2.05) is 0 Å². The van der Waals surface area contributed by atoms with Crippen molar-refractivity contribution in [2.24, 2.45) is 11.7 Å². The van der Waals surface area contributed by atoms with Crippen molar-refractivity contribution < 1.29 is 23.7 Å². The predicted octanol–water partition coefficient (Wildman–Crippen LogP) is -1.75. The Morgan fingerprint density at radius 3 is 1.73 bits per heavy atom. The van der Waals surface area contributed by atoms with Crippen LogP contribution in [0.5, 0.6) is 0 Å². The maximum atomic E-state index is 10.0. The summed E-state index contributed by atoms with van der Waals surface area (Å²) in [5.74, 6) is -0.910. The van der Waals surface area contributed by atoms with Gasteiger partial charge < -0.3 is 24.6 Å². The second-order valence-corrected chi connectivity index (χ2v) is 2.11. The first-order valence-corrected chi connectivity index (χ1v) is 2.54. The summed E-state index contributed by atoms with van der Waals surface area (Å²) in [6.07, 6.45) is 0. The molecule has 0 aliphatic heterocycles. The number of aliphatic carboxylic acids is 1. The zero-order chi connectivity index (χ0) is 6.73. The Hall–Kier alpha value is 0.610. The minimum atomic E-state index is -0.931. The van der Waals surface area contributed by atoms with Gasteiger partial charge in [0, 0.05) is 0 Å². The molecule has 7 N–H and O–H groups in total. The van der Waals surface area contributed by atoms with Crippen molar-refractivity contribution in [1.82, 2.24) is 0 Å². The van der Waals surface area contributed by atoms with Gasteiger partial charge in [0.05, 0.1) is 0 Å². The predicted molar refractivity (Wildman–Crippen MR) is 45.7 cm³/mol. The number of rotatable bonds is 2. The van der Waals surface area contributed by atoms with Crippen LogP contribution in [0.15, 0.2) is 0 Å². The Kier molecular flexibility index (Phi) is 21.8. The van der Waals surface area contributed by atoms with Crippen LogP contribution in [0.4, 0.5) is 0 Å². The molecule has 0 aliphatic carbocycles. The molecule has 0 spiro atoms. The van der Waals surface area contributed by atoms with Gasteiger partial charge >= 0.3 is 43.7 Å². The first-order valence-electron chi connectivity index (χ1n) is 2.54. The second kappa shape index (κ2) is 10.6. The normalized spacial score (nSPS) is 10.2. The maximum Gasteiger partial charge on any atom is 2.00 e. The standard InChI is InChI=1S/C5H11NO2.Ca.2H2O.2H/c1-3(2)4(6)5(7)8;;;;;/h3-4H,6H2,1-2H3,(H,7,8);;2*1H2;;/q;+2;;;2*-1. The Balaban J connectivity index is -0.0000000245. The van der Waals surface area contributed by atoms with Crippen LogP contribution >= 0.6 is 0 Å². The number of nitrogens with two attached hydrogens (primary N) is 1. The van der Waals surface area contributed by atoms with E-state index in [0.29, 0.717) is 0 Å². The molecule has 68 valence electrons. The smallest absolute Gasteiger partial charge is 1.00 e. The number of hydrogen-bond acceptors (Lipinski definition) is 2. The SMILES string of the molecule is CC(C)C(N)C(=O)O.O.O.[Ca+2].[H-].[H-]. The van der Waals surface area contributed by atoms with Gasteiger partial charge in [-0.05, 0) is 5.92 Å². The Morgan fingerprint density at radius 2 is 1.73 bits per heavy atom. The third-order valence-corrected chi connectivity index (χ3v) is 1.00. The molecule has 0 aliphatic rings. The van der Waals surface area contributed by atoms with Gasteiger partial charge in [-0.3, -0.25) is 4.79 Å². The van der Waals surface area contributed by atoms with Crippen LogP contribution in [0.3, 0.4) is 0 Å². The van der Waals surface area contributed by atoms with Crippen molar-refractivity contribution in [1.29, 1.82) is 0 Å². The molecule has 0 rings (SSSR count). The van der Waals surface area contributed by atoms with E-state index in [4.69, 9.17) is 10.8 Å². The summed E-state index contributed by atoms with van der Waals surface area (Å²) < 4.78 is 0. The largest absolute Gasteiger partial charge is 2.00 e. The molecule has 11 heavy (non-hydrogen) atoms. The molecule has 0 radical (unpaired) electrons. The summed E-state index contributed by atoms with van der Waals surface area (Å²) >= 11 is 0. The summed E-state index contributed by atoms with van der Waals surface area (Å²) in [6.45, 7) is 3.55. The fourth-order valence-electron chi connectivity index (χ4n) is 0.285. The van der Waals surface area contributed by atoms with Crippen LogP contribution in [0.25, 0.3) is 0 Å². The minimum absolute atomic E-state index is 0. The van der Waals surface area contributed by atoms with Crippen molar-refractivity contribution in [3.63, 3.8) is 0 Å². The van der Waals surface area contributed by atoms with E-state index in [1.165, 1.54) is 0 Å². The molecule has 0 aromatic heterocycles. The number of carboxylic acid groups (broad SMARTS) is 1.